The Bertz CT molecular complexity index is 1140. The van der Waals surface area contributed by atoms with E-state index in [-0.39, 0.29) is 29.0 Å². The van der Waals surface area contributed by atoms with Gasteiger partial charge < -0.3 is 15.4 Å². The number of methoxy groups -OCH3 is 1. The average molecular weight is 473 g/mol. The fourth-order valence-corrected chi connectivity index (χ4v) is 3.85. The van der Waals surface area contributed by atoms with E-state index in [1.165, 1.54) is 18.0 Å². The fourth-order valence-electron chi connectivity index (χ4n) is 3.69. The first kappa shape index (κ1) is 22.5. The minimum absolute atomic E-state index is 0.119. The van der Waals surface area contributed by atoms with Crippen molar-refractivity contribution < 1.29 is 18.3 Å². The van der Waals surface area contributed by atoms with Gasteiger partial charge >= 0.3 is 0 Å². The summed E-state index contributed by atoms with van der Waals surface area (Å²) in [5.74, 6) is 0.228. The standard InChI is InChI=1S/C22H22F2N6O2S/c1-32-18-10-6-5-9-15(18)27-22(33)29-28-21(31)14-12-25-30-17(19(23)24)11-16(26-20(14)30)13-7-3-2-4-8-13/h2-10,12,16-17,19,26H,11H2,1H3,(H,28,31)(H2,27,29,33)/t16-,17-/m1/s1. The summed E-state index contributed by atoms with van der Waals surface area (Å²) in [6.45, 7) is 0. The molecule has 3 aromatic rings. The van der Waals surface area contributed by atoms with Gasteiger partial charge in [-0.1, -0.05) is 42.5 Å². The van der Waals surface area contributed by atoms with Gasteiger partial charge in [0.2, 0.25) is 0 Å². The molecule has 2 aromatic carbocycles. The number of nitrogens with one attached hydrogen (secondary N) is 4. The van der Waals surface area contributed by atoms with Gasteiger partial charge in [-0.05, 0) is 36.3 Å². The summed E-state index contributed by atoms with van der Waals surface area (Å²) in [5.41, 5.74) is 6.66. The number of fused-ring (bicyclic) bond motifs is 1. The Morgan fingerprint density at radius 3 is 2.64 bits per heavy atom. The molecular weight excluding hydrogens is 450 g/mol. The highest BCUT2D eigenvalue weighted by molar-refractivity contribution is 7.80. The maximum atomic E-state index is 13.8. The molecule has 4 rings (SSSR count). The van der Waals surface area contributed by atoms with E-state index in [1.807, 2.05) is 36.4 Å². The van der Waals surface area contributed by atoms with Gasteiger partial charge in [-0.3, -0.25) is 15.6 Å². The molecule has 1 aliphatic heterocycles. The lowest BCUT2D eigenvalue weighted by atomic mass is 9.97. The van der Waals surface area contributed by atoms with Crippen LogP contribution in [0.2, 0.25) is 0 Å². The highest BCUT2D eigenvalue weighted by Crippen LogP contribution is 2.39. The number of rotatable bonds is 5. The van der Waals surface area contributed by atoms with Crippen molar-refractivity contribution in [1.82, 2.24) is 20.6 Å². The smallest absolute Gasteiger partial charge is 0.275 e. The molecule has 2 atom stereocenters. The number of halogens is 2. The lowest BCUT2D eigenvalue weighted by molar-refractivity contribution is 0.0656. The van der Waals surface area contributed by atoms with Crippen molar-refractivity contribution in [3.8, 4) is 5.75 Å². The first-order valence-corrected chi connectivity index (χ1v) is 10.6. The Hall–Kier alpha value is -3.73. The molecule has 1 aromatic heterocycles. The zero-order valence-electron chi connectivity index (χ0n) is 17.6. The van der Waals surface area contributed by atoms with Crippen LogP contribution in [0.3, 0.4) is 0 Å². The SMILES string of the molecule is COc1ccccc1NC(=S)NNC(=O)c1cnn2c1N[C@@H](c1ccccc1)C[C@@H]2C(F)F. The molecule has 0 aliphatic carbocycles. The summed E-state index contributed by atoms with van der Waals surface area (Å²) in [4.78, 5) is 12.8. The number of thiocarbonyl (C=S) groups is 1. The van der Waals surface area contributed by atoms with Gasteiger partial charge in [-0.15, -0.1) is 0 Å². The van der Waals surface area contributed by atoms with Gasteiger partial charge in [-0.2, -0.15) is 5.10 Å². The van der Waals surface area contributed by atoms with E-state index in [0.29, 0.717) is 11.4 Å². The van der Waals surface area contributed by atoms with E-state index in [2.05, 4.69) is 26.6 Å². The summed E-state index contributed by atoms with van der Waals surface area (Å²) in [5, 5.41) is 10.3. The van der Waals surface area contributed by atoms with Crippen molar-refractivity contribution in [2.24, 2.45) is 0 Å². The first-order valence-electron chi connectivity index (χ1n) is 10.2. The number of amides is 1. The number of hydrogen-bond donors (Lipinski definition) is 4. The molecule has 0 spiro atoms. The molecular formula is C22H22F2N6O2S. The lowest BCUT2D eigenvalue weighted by Gasteiger charge is -2.32. The molecule has 0 unspecified atom stereocenters. The van der Waals surface area contributed by atoms with Crippen LogP contribution in [0.4, 0.5) is 20.3 Å². The summed E-state index contributed by atoms with van der Waals surface area (Å²) < 4.78 is 34.0. The summed E-state index contributed by atoms with van der Waals surface area (Å²) in [7, 11) is 1.53. The lowest BCUT2D eigenvalue weighted by Crippen LogP contribution is -2.44. The molecule has 1 aliphatic rings. The molecule has 8 nitrogen and oxygen atoms in total. The second-order valence-corrected chi connectivity index (χ2v) is 7.74. The molecule has 0 bridgehead atoms. The molecule has 0 radical (unpaired) electrons. The van der Waals surface area contributed by atoms with Gasteiger partial charge in [0.25, 0.3) is 12.3 Å². The minimum Gasteiger partial charge on any atom is -0.495 e. The number of ether oxygens (including phenoxy) is 1. The molecule has 11 heteroatoms. The molecule has 172 valence electrons. The number of hydrazine groups is 1. The zero-order chi connectivity index (χ0) is 23.4. The van der Waals surface area contributed by atoms with Crippen LogP contribution in [0.1, 0.15) is 34.4 Å². The third-order valence-corrected chi connectivity index (χ3v) is 5.48. The van der Waals surface area contributed by atoms with Crippen molar-refractivity contribution >= 4 is 34.7 Å². The molecule has 4 N–H and O–H groups in total. The van der Waals surface area contributed by atoms with Gasteiger partial charge in [-0.25, -0.2) is 13.5 Å². The first-order chi connectivity index (χ1) is 16.0. The minimum atomic E-state index is -2.64. The normalized spacial score (nSPS) is 17.0. The van der Waals surface area contributed by atoms with Crippen LogP contribution >= 0.6 is 12.2 Å². The molecule has 2 heterocycles. The quantitative estimate of drug-likeness (QED) is 0.331. The predicted molar refractivity (Wildman–Crippen MR) is 125 cm³/mol. The van der Waals surface area contributed by atoms with E-state index in [4.69, 9.17) is 17.0 Å². The number of aromatic nitrogens is 2. The van der Waals surface area contributed by atoms with Crippen LogP contribution in [0, 0.1) is 0 Å². The number of anilines is 2. The fraction of sp³-hybridized carbons (Fsp3) is 0.227. The Morgan fingerprint density at radius 2 is 1.91 bits per heavy atom. The predicted octanol–water partition coefficient (Wildman–Crippen LogP) is 3.89. The second-order valence-electron chi connectivity index (χ2n) is 7.33. The number of carbonyl (C=O) groups is 1. The highest BCUT2D eigenvalue weighted by atomic mass is 32.1. The monoisotopic (exact) mass is 472 g/mol. The van der Waals surface area contributed by atoms with Gasteiger partial charge in [0.1, 0.15) is 23.2 Å². The maximum Gasteiger partial charge on any atom is 0.275 e. The molecule has 0 saturated heterocycles. The van der Waals surface area contributed by atoms with Crippen LogP contribution in [0.15, 0.2) is 60.8 Å². The number of nitrogens with zero attached hydrogens (tertiary/aromatic N) is 2. The summed E-state index contributed by atoms with van der Waals surface area (Å²) in [6.07, 6.45) is -1.23. The molecule has 1 amide bonds. The number of hydrogen-bond acceptors (Lipinski definition) is 5. The van der Waals surface area contributed by atoms with Crippen molar-refractivity contribution in [3.63, 3.8) is 0 Å². The van der Waals surface area contributed by atoms with E-state index < -0.39 is 18.4 Å². The number of para-hydroxylation sites is 2. The zero-order valence-corrected chi connectivity index (χ0v) is 18.4. The highest BCUT2D eigenvalue weighted by Gasteiger charge is 2.36. The Labute approximate surface area is 194 Å². The van der Waals surface area contributed by atoms with Crippen LogP contribution in [0.5, 0.6) is 5.75 Å². The molecule has 0 fully saturated rings. The van der Waals surface area contributed by atoms with Crippen molar-refractivity contribution in [2.75, 3.05) is 17.7 Å². The van der Waals surface area contributed by atoms with E-state index in [0.717, 1.165) is 5.56 Å². The average Bonchev–Trinajstić information content (AvgIpc) is 3.27. The van der Waals surface area contributed by atoms with Gasteiger partial charge in [0.15, 0.2) is 5.11 Å². The number of alkyl halides is 2. The topological polar surface area (TPSA) is 92.2 Å². The van der Waals surface area contributed by atoms with Crippen LogP contribution < -0.4 is 26.2 Å². The Kier molecular flexibility index (Phi) is 6.68. The second kappa shape index (κ2) is 9.82. The van der Waals surface area contributed by atoms with Crippen molar-refractivity contribution in [2.45, 2.75) is 24.9 Å². The number of benzene rings is 2. The van der Waals surface area contributed by atoms with Crippen LogP contribution in [-0.4, -0.2) is 34.3 Å². The summed E-state index contributed by atoms with van der Waals surface area (Å²) >= 11 is 5.22. The molecule has 33 heavy (non-hydrogen) atoms. The van der Waals surface area contributed by atoms with E-state index >= 15 is 0 Å². The van der Waals surface area contributed by atoms with Crippen molar-refractivity contribution in [1.29, 1.82) is 0 Å². The largest absolute Gasteiger partial charge is 0.495 e. The maximum absolute atomic E-state index is 13.8. The van der Waals surface area contributed by atoms with Crippen LogP contribution in [0.25, 0.3) is 0 Å². The Morgan fingerprint density at radius 1 is 1.18 bits per heavy atom. The Balaban J connectivity index is 1.48. The van der Waals surface area contributed by atoms with E-state index in [1.54, 1.807) is 18.2 Å². The number of carbonyl (C=O) groups excluding carboxylic acids is 1. The third-order valence-electron chi connectivity index (χ3n) is 5.28. The van der Waals surface area contributed by atoms with Crippen LogP contribution in [-0.2, 0) is 0 Å². The summed E-state index contributed by atoms with van der Waals surface area (Å²) in [6, 6.07) is 14.8. The third kappa shape index (κ3) is 4.87. The molecule has 0 saturated carbocycles. The van der Waals surface area contributed by atoms with Crippen molar-refractivity contribution in [3.05, 3.63) is 71.9 Å². The van der Waals surface area contributed by atoms with Gasteiger partial charge in [0, 0.05) is 0 Å². The van der Waals surface area contributed by atoms with Gasteiger partial charge in [0.05, 0.1) is 25.0 Å². The van der Waals surface area contributed by atoms with E-state index in [9.17, 15) is 13.6 Å².